The number of aromatic nitrogens is 1. The molecule has 1 aromatic carbocycles. The highest BCUT2D eigenvalue weighted by molar-refractivity contribution is 7.99. The van der Waals surface area contributed by atoms with Crippen molar-refractivity contribution < 1.29 is 4.42 Å². The Balaban J connectivity index is 2.26. The Morgan fingerprint density at radius 1 is 1.47 bits per heavy atom. The average molecular weight is 269 g/mol. The van der Waals surface area contributed by atoms with Gasteiger partial charge in [0, 0.05) is 9.92 Å². The van der Waals surface area contributed by atoms with Crippen molar-refractivity contribution in [2.45, 2.75) is 23.5 Å². The van der Waals surface area contributed by atoms with Crippen molar-refractivity contribution >= 4 is 23.4 Å². The van der Waals surface area contributed by atoms with Gasteiger partial charge in [-0.2, -0.15) is 0 Å². The molecule has 1 heterocycles. The molecule has 0 saturated carbocycles. The largest absolute Gasteiger partial charge is 0.439 e. The Morgan fingerprint density at radius 2 is 2.29 bits per heavy atom. The third kappa shape index (κ3) is 3.25. The second kappa shape index (κ2) is 5.58. The molecule has 0 aliphatic rings. The van der Waals surface area contributed by atoms with E-state index in [0.29, 0.717) is 16.8 Å². The van der Waals surface area contributed by atoms with Gasteiger partial charge >= 0.3 is 0 Å². The summed E-state index contributed by atoms with van der Waals surface area (Å²) in [5.74, 6) is 0. The number of halogens is 1. The van der Waals surface area contributed by atoms with Gasteiger partial charge in [0.25, 0.3) is 5.22 Å². The van der Waals surface area contributed by atoms with Gasteiger partial charge in [0.05, 0.1) is 5.69 Å². The van der Waals surface area contributed by atoms with E-state index in [9.17, 15) is 0 Å². The first-order valence-corrected chi connectivity index (χ1v) is 6.47. The summed E-state index contributed by atoms with van der Waals surface area (Å²) in [7, 11) is 0. The van der Waals surface area contributed by atoms with Crippen molar-refractivity contribution in [2.75, 3.05) is 6.54 Å². The molecular weight excluding hydrogens is 256 g/mol. The van der Waals surface area contributed by atoms with Crippen LogP contribution in [-0.2, 0) is 6.42 Å². The molecule has 0 bridgehead atoms. The maximum atomic E-state index is 5.99. The highest BCUT2D eigenvalue weighted by Crippen LogP contribution is 2.32. The lowest BCUT2D eigenvalue weighted by molar-refractivity contribution is 0.454. The zero-order chi connectivity index (χ0) is 12.3. The number of nitrogens with two attached hydrogens (primary N) is 1. The molecule has 0 spiro atoms. The highest BCUT2D eigenvalue weighted by atomic mass is 35.5. The molecule has 1 aromatic heterocycles. The Labute approximate surface area is 109 Å². The summed E-state index contributed by atoms with van der Waals surface area (Å²) in [5.41, 5.74) is 7.62. The maximum absolute atomic E-state index is 5.99. The fourth-order valence-electron chi connectivity index (χ4n) is 1.46. The van der Waals surface area contributed by atoms with Gasteiger partial charge in [-0.05, 0) is 49.3 Å². The van der Waals surface area contributed by atoms with Gasteiger partial charge in [-0.15, -0.1) is 0 Å². The van der Waals surface area contributed by atoms with Gasteiger partial charge in [0.1, 0.15) is 6.26 Å². The number of benzene rings is 1. The molecule has 0 atom stereocenters. The van der Waals surface area contributed by atoms with Crippen LogP contribution in [0.4, 0.5) is 0 Å². The zero-order valence-electron chi connectivity index (χ0n) is 9.44. The lowest BCUT2D eigenvalue weighted by atomic mass is 10.1. The Hall–Kier alpha value is -0.970. The van der Waals surface area contributed by atoms with Crippen molar-refractivity contribution in [2.24, 2.45) is 5.73 Å². The van der Waals surface area contributed by atoms with E-state index >= 15 is 0 Å². The van der Waals surface area contributed by atoms with Crippen LogP contribution in [0.5, 0.6) is 0 Å². The summed E-state index contributed by atoms with van der Waals surface area (Å²) in [5, 5.41) is 1.33. The summed E-state index contributed by atoms with van der Waals surface area (Å²) in [4.78, 5) is 5.30. The lowest BCUT2D eigenvalue weighted by Gasteiger charge is -2.06. The molecule has 0 aliphatic carbocycles. The van der Waals surface area contributed by atoms with Gasteiger partial charge in [0.2, 0.25) is 0 Å². The first kappa shape index (κ1) is 12.5. The van der Waals surface area contributed by atoms with Crippen LogP contribution < -0.4 is 5.73 Å². The third-order valence-electron chi connectivity index (χ3n) is 2.24. The van der Waals surface area contributed by atoms with E-state index < -0.39 is 0 Å². The number of hydrogen-bond donors (Lipinski definition) is 1. The molecule has 5 heteroatoms. The molecule has 2 rings (SSSR count). The van der Waals surface area contributed by atoms with E-state index in [4.69, 9.17) is 21.8 Å². The number of aryl methyl sites for hydroxylation is 1. The molecule has 2 aromatic rings. The van der Waals surface area contributed by atoms with Crippen LogP contribution in [0.3, 0.4) is 0 Å². The predicted molar refractivity (Wildman–Crippen MR) is 69.6 cm³/mol. The number of oxazole rings is 1. The molecule has 90 valence electrons. The maximum Gasteiger partial charge on any atom is 0.260 e. The molecule has 3 nitrogen and oxygen atoms in total. The van der Waals surface area contributed by atoms with E-state index in [-0.39, 0.29) is 0 Å². The van der Waals surface area contributed by atoms with E-state index in [2.05, 4.69) is 4.98 Å². The van der Waals surface area contributed by atoms with Crippen LogP contribution in [-0.4, -0.2) is 11.5 Å². The normalized spacial score (nSPS) is 10.8. The molecule has 0 radical (unpaired) electrons. The molecule has 0 unspecified atom stereocenters. The third-order valence-corrected chi connectivity index (χ3v) is 3.44. The molecule has 0 aliphatic heterocycles. The Bertz CT molecular complexity index is 513. The van der Waals surface area contributed by atoms with Gasteiger partial charge in [-0.25, -0.2) is 4.98 Å². The van der Waals surface area contributed by atoms with E-state index in [1.54, 1.807) is 6.26 Å². The minimum absolute atomic E-state index is 0.611. The fraction of sp³-hybridized carbons (Fsp3) is 0.250. The number of nitrogens with zero attached hydrogens (tertiary/aromatic N) is 1. The van der Waals surface area contributed by atoms with Gasteiger partial charge in [-0.1, -0.05) is 17.7 Å². The Kier molecular flexibility index (Phi) is 4.10. The van der Waals surface area contributed by atoms with Crippen molar-refractivity contribution in [3.8, 4) is 0 Å². The summed E-state index contributed by atoms with van der Waals surface area (Å²) in [6, 6.07) is 5.78. The van der Waals surface area contributed by atoms with Crippen LogP contribution in [0.15, 0.2) is 39.0 Å². The highest BCUT2D eigenvalue weighted by Gasteiger charge is 2.08. The standard InChI is InChI=1S/C12H13ClN2OS/c1-8-7-16-12(15-8)17-11-6-10(13)3-2-9(11)4-5-14/h2-3,6-7H,4-5,14H2,1H3. The molecule has 0 saturated heterocycles. The molecular formula is C12H13ClN2OS. The van der Waals surface area contributed by atoms with Crippen LogP contribution >= 0.6 is 23.4 Å². The molecule has 2 N–H and O–H groups in total. The van der Waals surface area contributed by atoms with Crippen LogP contribution in [0.1, 0.15) is 11.3 Å². The second-order valence-corrected chi connectivity index (χ2v) is 5.08. The van der Waals surface area contributed by atoms with Crippen LogP contribution in [0, 0.1) is 6.92 Å². The van der Waals surface area contributed by atoms with E-state index in [1.165, 1.54) is 11.8 Å². The predicted octanol–water partition coefficient (Wildman–Crippen LogP) is 3.29. The number of rotatable bonds is 4. The number of hydrogen-bond acceptors (Lipinski definition) is 4. The lowest BCUT2D eigenvalue weighted by Crippen LogP contribution is -2.03. The first-order valence-electron chi connectivity index (χ1n) is 5.27. The van der Waals surface area contributed by atoms with E-state index in [0.717, 1.165) is 22.6 Å². The SMILES string of the molecule is Cc1coc(Sc2cc(Cl)ccc2CCN)n1. The minimum Gasteiger partial charge on any atom is -0.439 e. The molecule has 0 fully saturated rings. The van der Waals surface area contributed by atoms with Crippen molar-refractivity contribution in [3.63, 3.8) is 0 Å². The van der Waals surface area contributed by atoms with E-state index in [1.807, 2.05) is 25.1 Å². The fourth-order valence-corrected chi connectivity index (χ4v) is 2.66. The summed E-state index contributed by atoms with van der Waals surface area (Å²) in [6.07, 6.45) is 2.45. The molecule has 0 amide bonds. The van der Waals surface area contributed by atoms with Crippen LogP contribution in [0.2, 0.25) is 5.02 Å². The smallest absolute Gasteiger partial charge is 0.260 e. The first-order chi connectivity index (χ1) is 8.19. The average Bonchev–Trinajstić information content (AvgIpc) is 2.68. The summed E-state index contributed by atoms with van der Waals surface area (Å²) < 4.78 is 5.32. The van der Waals surface area contributed by atoms with Gasteiger partial charge in [0.15, 0.2) is 0 Å². The Morgan fingerprint density at radius 3 is 2.94 bits per heavy atom. The monoisotopic (exact) mass is 268 g/mol. The van der Waals surface area contributed by atoms with Crippen molar-refractivity contribution in [3.05, 3.63) is 40.7 Å². The minimum atomic E-state index is 0.611. The quantitative estimate of drug-likeness (QED) is 0.924. The zero-order valence-corrected chi connectivity index (χ0v) is 11.0. The van der Waals surface area contributed by atoms with Crippen molar-refractivity contribution in [1.29, 1.82) is 0 Å². The second-order valence-electron chi connectivity index (χ2n) is 3.65. The van der Waals surface area contributed by atoms with Gasteiger partial charge < -0.3 is 10.2 Å². The van der Waals surface area contributed by atoms with Gasteiger partial charge in [-0.3, -0.25) is 0 Å². The topological polar surface area (TPSA) is 52.0 Å². The summed E-state index contributed by atoms with van der Waals surface area (Å²) in [6.45, 7) is 2.51. The molecule has 17 heavy (non-hydrogen) atoms. The van der Waals surface area contributed by atoms with Crippen LogP contribution in [0.25, 0.3) is 0 Å². The van der Waals surface area contributed by atoms with Crippen molar-refractivity contribution in [1.82, 2.24) is 4.98 Å². The summed E-state index contributed by atoms with van der Waals surface area (Å²) >= 11 is 7.46.